The second-order valence-corrected chi connectivity index (χ2v) is 5.88. The molecule has 1 aliphatic carbocycles. The molecule has 0 radical (unpaired) electrons. The van der Waals surface area contributed by atoms with Crippen molar-refractivity contribution in [3.8, 4) is 5.69 Å². The number of aromatic nitrogens is 3. The van der Waals surface area contributed by atoms with Gasteiger partial charge in [-0.15, -0.1) is 5.10 Å². The highest BCUT2D eigenvalue weighted by Crippen LogP contribution is 2.19. The first-order chi connectivity index (χ1) is 10.6. The fraction of sp³-hybridized carbons (Fsp3) is 0.438. The molecule has 6 heteroatoms. The van der Waals surface area contributed by atoms with Crippen LogP contribution < -0.4 is 11.1 Å². The molecule has 3 N–H and O–H groups in total. The van der Waals surface area contributed by atoms with Crippen molar-refractivity contribution in [1.29, 1.82) is 0 Å². The number of nitrogens with two attached hydrogens (primary N) is 1. The Labute approximate surface area is 129 Å². The van der Waals surface area contributed by atoms with Crippen molar-refractivity contribution in [3.05, 3.63) is 35.5 Å². The minimum absolute atomic E-state index is 0.200. The number of nitrogen functional groups attached to an aromatic ring is 1. The molecule has 0 bridgehead atoms. The van der Waals surface area contributed by atoms with E-state index in [9.17, 15) is 4.79 Å². The topological polar surface area (TPSA) is 85.8 Å². The molecule has 1 aromatic heterocycles. The van der Waals surface area contributed by atoms with Crippen LogP contribution in [0.25, 0.3) is 5.69 Å². The highest BCUT2D eigenvalue weighted by Gasteiger charge is 2.22. The number of aryl methyl sites for hydroxylation is 1. The van der Waals surface area contributed by atoms with E-state index in [2.05, 4.69) is 15.6 Å². The Hall–Kier alpha value is -2.37. The summed E-state index contributed by atoms with van der Waals surface area (Å²) in [5.74, 6) is 0.0416. The molecule has 0 unspecified atom stereocenters. The number of rotatable bonds is 3. The van der Waals surface area contributed by atoms with Crippen LogP contribution in [0.1, 0.15) is 48.2 Å². The average Bonchev–Trinajstić information content (AvgIpc) is 2.91. The third kappa shape index (κ3) is 2.95. The second kappa shape index (κ2) is 6.17. The molecule has 1 aromatic carbocycles. The number of benzene rings is 1. The molecule has 1 heterocycles. The number of anilines is 1. The Balaban J connectivity index is 1.77. The molecule has 1 aliphatic rings. The summed E-state index contributed by atoms with van der Waals surface area (Å²) in [5, 5.41) is 11.0. The van der Waals surface area contributed by atoms with E-state index in [0.717, 1.165) is 36.9 Å². The maximum Gasteiger partial charge on any atom is 0.275 e. The second-order valence-electron chi connectivity index (χ2n) is 5.88. The van der Waals surface area contributed by atoms with Crippen LogP contribution in [0.5, 0.6) is 0 Å². The van der Waals surface area contributed by atoms with Gasteiger partial charge in [-0.05, 0) is 31.9 Å². The number of nitrogens with zero attached hydrogens (tertiary/aromatic N) is 3. The lowest BCUT2D eigenvalue weighted by molar-refractivity contribution is 0.0923. The minimum Gasteiger partial charge on any atom is -0.382 e. The molecule has 0 atom stereocenters. The largest absolute Gasteiger partial charge is 0.382 e. The van der Waals surface area contributed by atoms with Gasteiger partial charge in [-0.2, -0.15) is 4.68 Å². The molecule has 0 aliphatic heterocycles. The van der Waals surface area contributed by atoms with Gasteiger partial charge in [0.15, 0.2) is 11.5 Å². The lowest BCUT2D eigenvalue weighted by Gasteiger charge is -2.22. The SMILES string of the molecule is Cc1ccc(-n2nnc(C(=O)NC3CCCCC3)c2N)cc1. The molecule has 0 spiro atoms. The molecule has 2 aromatic rings. The Kier molecular flexibility index (Phi) is 4.09. The molecule has 1 saturated carbocycles. The van der Waals surface area contributed by atoms with Gasteiger partial charge in [0.05, 0.1) is 5.69 Å². The zero-order chi connectivity index (χ0) is 15.5. The molecule has 6 nitrogen and oxygen atoms in total. The summed E-state index contributed by atoms with van der Waals surface area (Å²) in [7, 11) is 0. The summed E-state index contributed by atoms with van der Waals surface area (Å²) in [5.41, 5.74) is 8.21. The van der Waals surface area contributed by atoms with Crippen molar-refractivity contribution in [1.82, 2.24) is 20.3 Å². The van der Waals surface area contributed by atoms with Gasteiger partial charge in [0.1, 0.15) is 0 Å². The van der Waals surface area contributed by atoms with Crippen molar-refractivity contribution in [2.75, 3.05) is 5.73 Å². The van der Waals surface area contributed by atoms with Crippen molar-refractivity contribution in [3.63, 3.8) is 0 Å². The van der Waals surface area contributed by atoms with E-state index in [-0.39, 0.29) is 23.5 Å². The Bertz CT molecular complexity index is 656. The van der Waals surface area contributed by atoms with Gasteiger partial charge in [0.25, 0.3) is 5.91 Å². The third-order valence-corrected chi connectivity index (χ3v) is 4.14. The van der Waals surface area contributed by atoms with E-state index in [1.54, 1.807) is 0 Å². The summed E-state index contributed by atoms with van der Waals surface area (Å²) in [6, 6.07) is 7.98. The van der Waals surface area contributed by atoms with Gasteiger partial charge in [-0.3, -0.25) is 4.79 Å². The molecule has 0 saturated heterocycles. The first-order valence-corrected chi connectivity index (χ1v) is 7.74. The predicted molar refractivity (Wildman–Crippen MR) is 84.8 cm³/mol. The van der Waals surface area contributed by atoms with Gasteiger partial charge in [0, 0.05) is 6.04 Å². The zero-order valence-electron chi connectivity index (χ0n) is 12.7. The molecule has 1 amide bonds. The van der Waals surface area contributed by atoms with Crippen molar-refractivity contribution < 1.29 is 4.79 Å². The number of hydrogen-bond donors (Lipinski definition) is 2. The fourth-order valence-electron chi connectivity index (χ4n) is 2.83. The lowest BCUT2D eigenvalue weighted by Crippen LogP contribution is -2.36. The van der Waals surface area contributed by atoms with Gasteiger partial charge in [-0.25, -0.2) is 0 Å². The minimum atomic E-state index is -0.234. The van der Waals surface area contributed by atoms with Crippen LogP contribution in [0.15, 0.2) is 24.3 Å². The van der Waals surface area contributed by atoms with Gasteiger partial charge >= 0.3 is 0 Å². The van der Waals surface area contributed by atoms with Gasteiger partial charge in [-0.1, -0.05) is 42.2 Å². The van der Waals surface area contributed by atoms with E-state index in [4.69, 9.17) is 5.73 Å². The number of carbonyl (C=O) groups excluding carboxylic acids is 1. The average molecular weight is 299 g/mol. The zero-order valence-corrected chi connectivity index (χ0v) is 12.7. The monoisotopic (exact) mass is 299 g/mol. The number of amides is 1. The lowest BCUT2D eigenvalue weighted by atomic mass is 9.95. The molecule has 1 fully saturated rings. The number of carbonyl (C=O) groups is 1. The van der Waals surface area contributed by atoms with Gasteiger partial charge in [0.2, 0.25) is 0 Å². The maximum absolute atomic E-state index is 12.3. The smallest absolute Gasteiger partial charge is 0.275 e. The first-order valence-electron chi connectivity index (χ1n) is 7.74. The van der Waals surface area contributed by atoms with Gasteiger partial charge < -0.3 is 11.1 Å². The quantitative estimate of drug-likeness (QED) is 0.910. The highest BCUT2D eigenvalue weighted by atomic mass is 16.2. The number of hydrogen-bond acceptors (Lipinski definition) is 4. The molecular weight excluding hydrogens is 278 g/mol. The molecule has 3 rings (SSSR count). The van der Waals surface area contributed by atoms with Crippen LogP contribution in [0.3, 0.4) is 0 Å². The van der Waals surface area contributed by atoms with Crippen LogP contribution in [-0.4, -0.2) is 26.9 Å². The Morgan fingerprint density at radius 3 is 2.59 bits per heavy atom. The highest BCUT2D eigenvalue weighted by molar-refractivity contribution is 5.96. The number of nitrogens with one attached hydrogen (secondary N) is 1. The normalized spacial score (nSPS) is 15.7. The standard InChI is InChI=1S/C16H21N5O/c1-11-7-9-13(10-8-11)21-15(17)14(19-20-21)16(22)18-12-5-3-2-4-6-12/h7-10,12H,2-6,17H2,1H3,(H,18,22). The van der Waals surface area contributed by atoms with E-state index < -0.39 is 0 Å². The summed E-state index contributed by atoms with van der Waals surface area (Å²) in [6.45, 7) is 2.01. The van der Waals surface area contributed by atoms with Crippen molar-refractivity contribution >= 4 is 11.7 Å². The van der Waals surface area contributed by atoms with Crippen LogP contribution >= 0.6 is 0 Å². The predicted octanol–water partition coefficient (Wildman–Crippen LogP) is 2.22. The molecular formula is C16H21N5O. The summed E-state index contributed by atoms with van der Waals surface area (Å²) in [6.07, 6.45) is 5.63. The Morgan fingerprint density at radius 2 is 1.91 bits per heavy atom. The van der Waals surface area contributed by atoms with E-state index in [1.807, 2.05) is 31.2 Å². The summed E-state index contributed by atoms with van der Waals surface area (Å²) < 4.78 is 1.50. The summed E-state index contributed by atoms with van der Waals surface area (Å²) >= 11 is 0. The van der Waals surface area contributed by atoms with Crippen LogP contribution in [0.4, 0.5) is 5.82 Å². The van der Waals surface area contributed by atoms with Crippen LogP contribution in [-0.2, 0) is 0 Å². The van der Waals surface area contributed by atoms with Crippen LogP contribution in [0.2, 0.25) is 0 Å². The molecule has 22 heavy (non-hydrogen) atoms. The summed E-state index contributed by atoms with van der Waals surface area (Å²) in [4.78, 5) is 12.3. The first kappa shape index (κ1) is 14.6. The maximum atomic E-state index is 12.3. The fourth-order valence-corrected chi connectivity index (χ4v) is 2.83. The molecule has 116 valence electrons. The van der Waals surface area contributed by atoms with E-state index >= 15 is 0 Å². The van der Waals surface area contributed by atoms with Crippen molar-refractivity contribution in [2.45, 2.75) is 45.1 Å². The van der Waals surface area contributed by atoms with Crippen LogP contribution in [0, 0.1) is 6.92 Å². The van der Waals surface area contributed by atoms with Crippen molar-refractivity contribution in [2.24, 2.45) is 0 Å². The van der Waals surface area contributed by atoms with E-state index in [0.29, 0.717) is 0 Å². The third-order valence-electron chi connectivity index (χ3n) is 4.14. The van der Waals surface area contributed by atoms with E-state index in [1.165, 1.54) is 11.1 Å². The Morgan fingerprint density at radius 1 is 1.23 bits per heavy atom.